The van der Waals surface area contributed by atoms with Crippen LogP contribution >= 0.6 is 11.3 Å². The largest absolute Gasteiger partial charge is 0.315 e. The Morgan fingerprint density at radius 3 is 3.00 bits per heavy atom. The maximum Gasteiger partial charge on any atom is 0.111 e. The second-order valence-electron chi connectivity index (χ2n) is 5.93. The topological polar surface area (TPSA) is 28.2 Å². The number of hydrogen-bond donors (Lipinski definition) is 1. The number of para-hydroxylation sites is 1. The molecule has 1 fully saturated rings. The minimum Gasteiger partial charge on any atom is -0.315 e. The third-order valence-corrected chi connectivity index (χ3v) is 5.59. The van der Waals surface area contributed by atoms with Gasteiger partial charge in [0, 0.05) is 12.6 Å². The van der Waals surface area contributed by atoms with E-state index in [1.54, 1.807) is 0 Å². The maximum absolute atomic E-state index is 4.87. The minimum absolute atomic E-state index is 0.409. The van der Waals surface area contributed by atoms with Crippen LogP contribution in [0.2, 0.25) is 0 Å². The molecule has 1 aliphatic heterocycles. The SMILES string of the molecule is CCCN(C1CCCNC1)C(C)c1nc2ccccc2s1. The molecule has 0 amide bonds. The van der Waals surface area contributed by atoms with Crippen molar-refractivity contribution < 1.29 is 0 Å². The van der Waals surface area contributed by atoms with Gasteiger partial charge in [-0.2, -0.15) is 0 Å². The molecule has 3 rings (SSSR count). The van der Waals surface area contributed by atoms with Crippen LogP contribution in [0.5, 0.6) is 0 Å². The highest BCUT2D eigenvalue weighted by molar-refractivity contribution is 7.18. The Morgan fingerprint density at radius 2 is 2.29 bits per heavy atom. The van der Waals surface area contributed by atoms with Crippen LogP contribution in [0.15, 0.2) is 24.3 Å². The van der Waals surface area contributed by atoms with Gasteiger partial charge in [0.1, 0.15) is 5.01 Å². The fourth-order valence-electron chi connectivity index (χ4n) is 3.28. The van der Waals surface area contributed by atoms with E-state index in [0.717, 1.165) is 18.6 Å². The fourth-order valence-corrected chi connectivity index (χ4v) is 4.32. The standard InChI is InChI=1S/C17H25N3S/c1-3-11-20(14-7-6-10-18-12-14)13(2)17-19-15-8-4-5-9-16(15)21-17/h4-5,8-9,13-14,18H,3,6-7,10-12H2,1-2H3. The van der Waals surface area contributed by atoms with E-state index in [9.17, 15) is 0 Å². The lowest BCUT2D eigenvalue weighted by Gasteiger charge is -2.37. The third-order valence-electron chi connectivity index (χ3n) is 4.39. The van der Waals surface area contributed by atoms with Gasteiger partial charge in [-0.3, -0.25) is 4.90 Å². The molecule has 21 heavy (non-hydrogen) atoms. The lowest BCUT2D eigenvalue weighted by atomic mass is 10.0. The Balaban J connectivity index is 1.83. The van der Waals surface area contributed by atoms with Gasteiger partial charge in [-0.25, -0.2) is 4.98 Å². The molecule has 1 aliphatic rings. The fraction of sp³-hybridized carbons (Fsp3) is 0.588. The summed E-state index contributed by atoms with van der Waals surface area (Å²) in [5.74, 6) is 0. The van der Waals surface area contributed by atoms with E-state index in [2.05, 4.69) is 48.3 Å². The van der Waals surface area contributed by atoms with Gasteiger partial charge in [-0.05, 0) is 51.4 Å². The zero-order valence-electron chi connectivity index (χ0n) is 13.0. The van der Waals surface area contributed by atoms with Crippen LogP contribution in [-0.4, -0.2) is 35.6 Å². The highest BCUT2D eigenvalue weighted by atomic mass is 32.1. The summed E-state index contributed by atoms with van der Waals surface area (Å²) in [4.78, 5) is 7.52. The van der Waals surface area contributed by atoms with Crippen molar-refractivity contribution in [3.8, 4) is 0 Å². The van der Waals surface area contributed by atoms with Gasteiger partial charge >= 0.3 is 0 Å². The van der Waals surface area contributed by atoms with E-state index in [1.165, 1.54) is 35.5 Å². The van der Waals surface area contributed by atoms with E-state index in [0.29, 0.717) is 12.1 Å². The summed E-state index contributed by atoms with van der Waals surface area (Å²) in [6.45, 7) is 8.04. The van der Waals surface area contributed by atoms with E-state index in [-0.39, 0.29) is 0 Å². The van der Waals surface area contributed by atoms with Crippen LogP contribution in [0, 0.1) is 0 Å². The molecule has 0 radical (unpaired) electrons. The van der Waals surface area contributed by atoms with Crippen molar-refractivity contribution in [2.45, 2.75) is 45.2 Å². The van der Waals surface area contributed by atoms with Gasteiger partial charge in [0.05, 0.1) is 16.3 Å². The molecule has 1 aromatic carbocycles. The number of nitrogens with one attached hydrogen (secondary N) is 1. The van der Waals surface area contributed by atoms with E-state index >= 15 is 0 Å². The molecule has 0 saturated carbocycles. The van der Waals surface area contributed by atoms with Gasteiger partial charge in [0.2, 0.25) is 0 Å². The molecule has 1 N–H and O–H groups in total. The number of rotatable bonds is 5. The Kier molecular flexibility index (Phi) is 4.88. The molecule has 3 nitrogen and oxygen atoms in total. The first-order valence-electron chi connectivity index (χ1n) is 8.11. The Bertz CT molecular complexity index is 541. The molecule has 2 heterocycles. The van der Waals surface area contributed by atoms with Crippen LogP contribution in [0.25, 0.3) is 10.2 Å². The lowest BCUT2D eigenvalue weighted by molar-refractivity contribution is 0.120. The zero-order valence-corrected chi connectivity index (χ0v) is 13.8. The van der Waals surface area contributed by atoms with Crippen molar-refractivity contribution >= 4 is 21.6 Å². The number of aromatic nitrogens is 1. The highest BCUT2D eigenvalue weighted by Gasteiger charge is 2.27. The molecule has 4 heteroatoms. The second-order valence-corrected chi connectivity index (χ2v) is 7.00. The smallest absolute Gasteiger partial charge is 0.111 e. The van der Waals surface area contributed by atoms with Crippen molar-refractivity contribution in [2.75, 3.05) is 19.6 Å². The molecule has 1 aromatic heterocycles. The molecule has 0 bridgehead atoms. The first-order chi connectivity index (χ1) is 10.3. The molecule has 2 aromatic rings. The van der Waals surface area contributed by atoms with Gasteiger partial charge in [0.25, 0.3) is 0 Å². The number of benzene rings is 1. The molecule has 0 aliphatic carbocycles. The van der Waals surface area contributed by atoms with Crippen molar-refractivity contribution in [3.63, 3.8) is 0 Å². The quantitative estimate of drug-likeness (QED) is 0.910. The van der Waals surface area contributed by atoms with Crippen molar-refractivity contribution in [1.82, 2.24) is 15.2 Å². The lowest BCUT2D eigenvalue weighted by Crippen LogP contribution is -2.47. The molecule has 114 valence electrons. The number of nitrogens with zero attached hydrogens (tertiary/aromatic N) is 2. The first-order valence-corrected chi connectivity index (χ1v) is 8.93. The highest BCUT2D eigenvalue weighted by Crippen LogP contribution is 2.31. The van der Waals surface area contributed by atoms with Crippen molar-refractivity contribution in [1.29, 1.82) is 0 Å². The average molecular weight is 303 g/mol. The molecular formula is C17H25N3S. The van der Waals surface area contributed by atoms with Crippen molar-refractivity contribution in [2.24, 2.45) is 0 Å². The average Bonchev–Trinajstić information content (AvgIpc) is 2.97. The predicted octanol–water partition coefficient (Wildman–Crippen LogP) is 3.82. The van der Waals surface area contributed by atoms with Crippen LogP contribution in [-0.2, 0) is 0 Å². The molecule has 0 spiro atoms. The van der Waals surface area contributed by atoms with Crippen LogP contribution in [0.3, 0.4) is 0 Å². The van der Waals surface area contributed by atoms with E-state index < -0.39 is 0 Å². The number of fused-ring (bicyclic) bond motifs is 1. The Morgan fingerprint density at radius 1 is 1.43 bits per heavy atom. The van der Waals surface area contributed by atoms with Crippen molar-refractivity contribution in [3.05, 3.63) is 29.3 Å². The van der Waals surface area contributed by atoms with Crippen LogP contribution in [0.4, 0.5) is 0 Å². The Labute approximate surface area is 131 Å². The molecule has 2 atom stereocenters. The minimum atomic E-state index is 0.409. The monoisotopic (exact) mass is 303 g/mol. The Hall–Kier alpha value is -0.970. The third kappa shape index (κ3) is 3.28. The van der Waals surface area contributed by atoms with Gasteiger partial charge < -0.3 is 5.32 Å². The van der Waals surface area contributed by atoms with Crippen LogP contribution in [0.1, 0.15) is 44.2 Å². The van der Waals surface area contributed by atoms with E-state index in [1.807, 2.05) is 11.3 Å². The summed E-state index contributed by atoms with van der Waals surface area (Å²) in [6, 6.07) is 9.53. The normalized spacial score (nSPS) is 21.0. The second kappa shape index (κ2) is 6.86. The predicted molar refractivity (Wildman–Crippen MR) is 90.9 cm³/mol. The van der Waals surface area contributed by atoms with E-state index in [4.69, 9.17) is 4.98 Å². The molecular weight excluding hydrogens is 278 g/mol. The maximum atomic E-state index is 4.87. The number of hydrogen-bond acceptors (Lipinski definition) is 4. The number of piperidine rings is 1. The summed E-state index contributed by atoms with van der Waals surface area (Å²) < 4.78 is 1.30. The van der Waals surface area contributed by atoms with Crippen LogP contribution < -0.4 is 5.32 Å². The molecule has 1 saturated heterocycles. The van der Waals surface area contributed by atoms with Gasteiger partial charge in [0.15, 0.2) is 0 Å². The summed E-state index contributed by atoms with van der Waals surface area (Å²) in [6.07, 6.45) is 3.80. The summed E-state index contributed by atoms with van der Waals surface area (Å²) in [5.41, 5.74) is 1.14. The summed E-state index contributed by atoms with van der Waals surface area (Å²) in [7, 11) is 0. The number of thiazole rings is 1. The van der Waals surface area contributed by atoms with Gasteiger partial charge in [-0.15, -0.1) is 11.3 Å². The molecule has 2 unspecified atom stereocenters. The zero-order chi connectivity index (χ0) is 14.7. The van der Waals surface area contributed by atoms with Gasteiger partial charge in [-0.1, -0.05) is 19.1 Å². The summed E-state index contributed by atoms with van der Waals surface area (Å²) >= 11 is 1.85. The summed E-state index contributed by atoms with van der Waals surface area (Å²) in [5, 5.41) is 4.81. The first kappa shape index (κ1) is 14.9.